The summed E-state index contributed by atoms with van der Waals surface area (Å²) in [5.41, 5.74) is 3.16. The maximum atomic E-state index is 5.61. The van der Waals surface area contributed by atoms with Crippen molar-refractivity contribution in [1.29, 1.82) is 0 Å². The quantitative estimate of drug-likeness (QED) is 0.766. The highest BCUT2D eigenvalue weighted by molar-refractivity contribution is 5.60. The van der Waals surface area contributed by atoms with Crippen molar-refractivity contribution in [2.75, 3.05) is 13.7 Å². The number of benzene rings is 1. The summed E-state index contributed by atoms with van der Waals surface area (Å²) < 4.78 is 10.8. The van der Waals surface area contributed by atoms with Crippen molar-refractivity contribution in [2.24, 2.45) is 0 Å². The number of hydrogen-bond donors (Lipinski definition) is 0. The monoisotopic (exact) mass is 269 g/mol. The average Bonchev–Trinajstić information content (AvgIpc) is 2.47. The van der Waals surface area contributed by atoms with Gasteiger partial charge in [0.25, 0.3) is 0 Å². The lowest BCUT2D eigenvalue weighted by molar-refractivity contribution is 0.348. The Kier molecular flexibility index (Phi) is 4.77. The van der Waals surface area contributed by atoms with Crippen LogP contribution in [0.25, 0.3) is 11.3 Å². The maximum Gasteiger partial charge on any atom is 0.214 e. The van der Waals surface area contributed by atoms with Crippen molar-refractivity contribution in [1.82, 2.24) is 4.98 Å². The topological polar surface area (TPSA) is 31.4 Å². The minimum absolute atomic E-state index is 0.543. The molecule has 3 heteroatoms. The fourth-order valence-electron chi connectivity index (χ4n) is 1.71. The summed E-state index contributed by atoms with van der Waals surface area (Å²) >= 11 is 0. The predicted octanol–water partition coefficient (Wildman–Crippen LogP) is 4.10. The van der Waals surface area contributed by atoms with Gasteiger partial charge in [0.1, 0.15) is 12.4 Å². The number of pyridine rings is 1. The molecule has 3 nitrogen and oxygen atoms in total. The van der Waals surface area contributed by atoms with Gasteiger partial charge in [0.2, 0.25) is 5.88 Å². The SMILES string of the molecule is COc1ccc(-c2cccc(OCC=C(C)C)n2)cc1. The van der Waals surface area contributed by atoms with Crippen LogP contribution in [0.5, 0.6) is 11.6 Å². The standard InChI is InChI=1S/C17H19NO2/c1-13(2)11-12-20-17-6-4-5-16(18-17)14-7-9-15(19-3)10-8-14/h4-11H,12H2,1-3H3. The molecule has 2 rings (SSSR count). The third-order valence-electron chi connectivity index (χ3n) is 2.83. The fourth-order valence-corrected chi connectivity index (χ4v) is 1.71. The molecule has 1 aromatic carbocycles. The van der Waals surface area contributed by atoms with Gasteiger partial charge in [0, 0.05) is 11.6 Å². The van der Waals surface area contributed by atoms with E-state index in [1.807, 2.05) is 62.4 Å². The fraction of sp³-hybridized carbons (Fsp3) is 0.235. The molecule has 0 amide bonds. The van der Waals surface area contributed by atoms with E-state index >= 15 is 0 Å². The van der Waals surface area contributed by atoms with Crippen LogP contribution in [0.1, 0.15) is 13.8 Å². The van der Waals surface area contributed by atoms with E-state index in [9.17, 15) is 0 Å². The van der Waals surface area contributed by atoms with Crippen molar-refractivity contribution >= 4 is 0 Å². The Morgan fingerprint density at radius 3 is 2.50 bits per heavy atom. The molecule has 0 radical (unpaired) electrons. The zero-order chi connectivity index (χ0) is 14.4. The summed E-state index contributed by atoms with van der Waals surface area (Å²) in [7, 11) is 1.66. The van der Waals surface area contributed by atoms with E-state index < -0.39 is 0 Å². The van der Waals surface area contributed by atoms with Gasteiger partial charge in [0.15, 0.2) is 0 Å². The highest BCUT2D eigenvalue weighted by Crippen LogP contribution is 2.22. The molecule has 0 bridgehead atoms. The molecule has 0 aliphatic carbocycles. The average molecular weight is 269 g/mol. The molecular weight excluding hydrogens is 250 g/mol. The van der Waals surface area contributed by atoms with E-state index in [1.165, 1.54) is 5.57 Å². The van der Waals surface area contributed by atoms with Crippen LogP contribution in [0.4, 0.5) is 0 Å². The Hall–Kier alpha value is -2.29. The van der Waals surface area contributed by atoms with Gasteiger partial charge in [-0.3, -0.25) is 0 Å². The number of methoxy groups -OCH3 is 1. The van der Waals surface area contributed by atoms with Gasteiger partial charge < -0.3 is 9.47 Å². The Bertz CT molecular complexity index is 584. The summed E-state index contributed by atoms with van der Waals surface area (Å²) in [5, 5.41) is 0. The zero-order valence-corrected chi connectivity index (χ0v) is 12.1. The van der Waals surface area contributed by atoms with E-state index in [0.29, 0.717) is 12.5 Å². The second-order valence-electron chi connectivity index (χ2n) is 4.68. The molecule has 0 fully saturated rings. The lowest BCUT2D eigenvalue weighted by Gasteiger charge is -2.06. The Labute approximate surface area is 119 Å². The minimum Gasteiger partial charge on any atom is -0.497 e. The van der Waals surface area contributed by atoms with E-state index in [0.717, 1.165) is 17.0 Å². The normalized spacial score (nSPS) is 9.95. The number of hydrogen-bond acceptors (Lipinski definition) is 3. The number of aromatic nitrogens is 1. The highest BCUT2D eigenvalue weighted by atomic mass is 16.5. The lowest BCUT2D eigenvalue weighted by atomic mass is 10.1. The van der Waals surface area contributed by atoms with Crippen LogP contribution < -0.4 is 9.47 Å². The summed E-state index contributed by atoms with van der Waals surface area (Å²) in [6.07, 6.45) is 2.03. The molecule has 0 atom stereocenters. The summed E-state index contributed by atoms with van der Waals surface area (Å²) in [6, 6.07) is 13.6. The third-order valence-corrected chi connectivity index (χ3v) is 2.83. The molecule has 0 saturated carbocycles. The molecule has 2 aromatic rings. The smallest absolute Gasteiger partial charge is 0.214 e. The molecule has 0 aliphatic heterocycles. The van der Waals surface area contributed by atoms with Gasteiger partial charge in [-0.05, 0) is 50.3 Å². The lowest BCUT2D eigenvalue weighted by Crippen LogP contribution is -1.97. The van der Waals surface area contributed by atoms with Crippen molar-refractivity contribution in [2.45, 2.75) is 13.8 Å². The second kappa shape index (κ2) is 6.75. The first-order valence-electron chi connectivity index (χ1n) is 6.56. The number of nitrogens with zero attached hydrogens (tertiary/aromatic N) is 1. The Morgan fingerprint density at radius 1 is 1.10 bits per heavy atom. The van der Waals surface area contributed by atoms with Gasteiger partial charge in [-0.1, -0.05) is 11.6 Å². The Balaban J connectivity index is 2.14. The van der Waals surface area contributed by atoms with E-state index in [-0.39, 0.29) is 0 Å². The van der Waals surface area contributed by atoms with Crippen molar-refractivity contribution in [3.63, 3.8) is 0 Å². The van der Waals surface area contributed by atoms with E-state index in [4.69, 9.17) is 9.47 Å². The molecule has 0 unspecified atom stereocenters. The first-order chi connectivity index (χ1) is 9.69. The molecule has 1 heterocycles. The van der Waals surface area contributed by atoms with Gasteiger partial charge in [-0.15, -0.1) is 0 Å². The first-order valence-corrected chi connectivity index (χ1v) is 6.56. The molecular formula is C17H19NO2. The van der Waals surface area contributed by atoms with Crippen LogP contribution in [0.2, 0.25) is 0 Å². The number of ether oxygens (including phenoxy) is 2. The summed E-state index contributed by atoms with van der Waals surface area (Å²) in [6.45, 7) is 4.64. The third kappa shape index (κ3) is 3.85. The zero-order valence-electron chi connectivity index (χ0n) is 12.1. The van der Waals surface area contributed by atoms with Gasteiger partial charge in [-0.2, -0.15) is 0 Å². The van der Waals surface area contributed by atoms with Crippen LogP contribution in [0.15, 0.2) is 54.1 Å². The van der Waals surface area contributed by atoms with Crippen LogP contribution in [-0.4, -0.2) is 18.7 Å². The molecule has 0 saturated heterocycles. The van der Waals surface area contributed by atoms with E-state index in [1.54, 1.807) is 7.11 Å². The van der Waals surface area contributed by atoms with Crippen LogP contribution >= 0.6 is 0 Å². The van der Waals surface area contributed by atoms with Gasteiger partial charge in [-0.25, -0.2) is 4.98 Å². The van der Waals surface area contributed by atoms with Crippen LogP contribution in [0.3, 0.4) is 0 Å². The summed E-state index contributed by atoms with van der Waals surface area (Å²) in [4.78, 5) is 4.50. The first kappa shape index (κ1) is 14.1. The summed E-state index contributed by atoms with van der Waals surface area (Å²) in [5.74, 6) is 1.47. The molecule has 20 heavy (non-hydrogen) atoms. The number of allylic oxidation sites excluding steroid dienone is 1. The highest BCUT2D eigenvalue weighted by Gasteiger charge is 2.02. The number of rotatable bonds is 5. The molecule has 104 valence electrons. The van der Waals surface area contributed by atoms with Gasteiger partial charge in [0.05, 0.1) is 12.8 Å². The molecule has 1 aromatic heterocycles. The van der Waals surface area contributed by atoms with Gasteiger partial charge >= 0.3 is 0 Å². The van der Waals surface area contributed by atoms with E-state index in [2.05, 4.69) is 4.98 Å². The van der Waals surface area contributed by atoms with Crippen molar-refractivity contribution in [3.8, 4) is 22.9 Å². The predicted molar refractivity (Wildman–Crippen MR) is 81.2 cm³/mol. The second-order valence-corrected chi connectivity index (χ2v) is 4.68. The molecule has 0 aliphatic rings. The Morgan fingerprint density at radius 2 is 1.85 bits per heavy atom. The minimum atomic E-state index is 0.543. The van der Waals surface area contributed by atoms with Crippen LogP contribution in [-0.2, 0) is 0 Å². The molecule has 0 spiro atoms. The van der Waals surface area contributed by atoms with Crippen LogP contribution in [0, 0.1) is 0 Å². The maximum absolute atomic E-state index is 5.61. The largest absolute Gasteiger partial charge is 0.497 e. The van der Waals surface area contributed by atoms with Crippen molar-refractivity contribution < 1.29 is 9.47 Å². The molecule has 0 N–H and O–H groups in total. The van der Waals surface area contributed by atoms with Crippen molar-refractivity contribution in [3.05, 3.63) is 54.1 Å².